The topological polar surface area (TPSA) is 86.8 Å². The van der Waals surface area contributed by atoms with Crippen molar-refractivity contribution in [2.45, 2.75) is 44.7 Å². The van der Waals surface area contributed by atoms with E-state index in [0.29, 0.717) is 27.7 Å². The molecule has 0 saturated heterocycles. The number of carbonyl (C=O) groups excluding carboxylic acids is 2. The molecule has 0 aliphatic carbocycles. The Morgan fingerprint density at radius 1 is 0.921 bits per heavy atom. The fraction of sp³-hybridized carbons (Fsp3) is 0.286. The molecule has 7 nitrogen and oxygen atoms in total. The number of rotatable bonds is 10. The Hall–Kier alpha value is -3.07. The summed E-state index contributed by atoms with van der Waals surface area (Å²) in [6.45, 7) is 5.03. The van der Waals surface area contributed by atoms with Crippen molar-refractivity contribution in [3.63, 3.8) is 0 Å². The SMILES string of the molecule is CCC(C(=O)NC)N(Cc1ccc(Cl)c(Cl)c1)C(=O)CN(c1cccc(C)c1)S(=O)(=O)c1ccc(C)cc1. The van der Waals surface area contributed by atoms with E-state index in [9.17, 15) is 18.0 Å². The predicted octanol–water partition coefficient (Wildman–Crippen LogP) is 5.36. The molecule has 0 spiro atoms. The minimum Gasteiger partial charge on any atom is -0.357 e. The number of hydrogen-bond acceptors (Lipinski definition) is 4. The van der Waals surface area contributed by atoms with Gasteiger partial charge in [0, 0.05) is 13.6 Å². The van der Waals surface area contributed by atoms with Crippen molar-refractivity contribution >= 4 is 50.7 Å². The molecule has 38 heavy (non-hydrogen) atoms. The smallest absolute Gasteiger partial charge is 0.264 e. The van der Waals surface area contributed by atoms with Crippen LogP contribution in [0.2, 0.25) is 10.0 Å². The Kier molecular flexibility index (Phi) is 9.82. The van der Waals surface area contributed by atoms with Gasteiger partial charge in [-0.3, -0.25) is 13.9 Å². The summed E-state index contributed by atoms with van der Waals surface area (Å²) < 4.78 is 28.7. The number of sulfonamides is 1. The van der Waals surface area contributed by atoms with Gasteiger partial charge < -0.3 is 10.2 Å². The second kappa shape index (κ2) is 12.7. The zero-order chi connectivity index (χ0) is 28.0. The van der Waals surface area contributed by atoms with Gasteiger partial charge in [-0.05, 0) is 67.8 Å². The highest BCUT2D eigenvalue weighted by Crippen LogP contribution is 2.27. The van der Waals surface area contributed by atoms with E-state index in [0.717, 1.165) is 15.4 Å². The van der Waals surface area contributed by atoms with E-state index in [1.165, 1.54) is 24.1 Å². The second-order valence-electron chi connectivity index (χ2n) is 8.97. The highest BCUT2D eigenvalue weighted by molar-refractivity contribution is 7.92. The molecule has 1 unspecified atom stereocenters. The summed E-state index contributed by atoms with van der Waals surface area (Å²) in [5.74, 6) is -0.895. The lowest BCUT2D eigenvalue weighted by atomic mass is 10.1. The van der Waals surface area contributed by atoms with Crippen LogP contribution in [0.25, 0.3) is 0 Å². The van der Waals surface area contributed by atoms with Crippen molar-refractivity contribution in [3.8, 4) is 0 Å². The summed E-state index contributed by atoms with van der Waals surface area (Å²) in [5.41, 5.74) is 2.75. The molecule has 0 aliphatic heterocycles. The maximum Gasteiger partial charge on any atom is 0.264 e. The van der Waals surface area contributed by atoms with Crippen LogP contribution < -0.4 is 9.62 Å². The molecular formula is C28H31Cl2N3O4S. The van der Waals surface area contributed by atoms with Crippen LogP contribution in [0.1, 0.15) is 30.0 Å². The van der Waals surface area contributed by atoms with E-state index in [2.05, 4.69) is 5.32 Å². The van der Waals surface area contributed by atoms with Crippen LogP contribution in [0.5, 0.6) is 0 Å². The number of nitrogens with zero attached hydrogens (tertiary/aromatic N) is 2. The van der Waals surface area contributed by atoms with Crippen LogP contribution in [-0.4, -0.2) is 44.8 Å². The first-order valence-electron chi connectivity index (χ1n) is 12.1. The van der Waals surface area contributed by atoms with Crippen molar-refractivity contribution < 1.29 is 18.0 Å². The Morgan fingerprint density at radius 2 is 1.61 bits per heavy atom. The lowest BCUT2D eigenvalue weighted by Crippen LogP contribution is -2.51. The largest absolute Gasteiger partial charge is 0.357 e. The Morgan fingerprint density at radius 3 is 2.18 bits per heavy atom. The minimum absolute atomic E-state index is 0.0356. The molecule has 2 amide bonds. The van der Waals surface area contributed by atoms with Crippen molar-refractivity contribution in [3.05, 3.63) is 93.5 Å². The van der Waals surface area contributed by atoms with Gasteiger partial charge in [-0.1, -0.05) is 66.0 Å². The van der Waals surface area contributed by atoms with Crippen LogP contribution in [0, 0.1) is 13.8 Å². The molecule has 1 N–H and O–H groups in total. The van der Waals surface area contributed by atoms with Gasteiger partial charge in [0.05, 0.1) is 20.6 Å². The summed E-state index contributed by atoms with van der Waals surface area (Å²) in [7, 11) is -2.62. The van der Waals surface area contributed by atoms with Crippen LogP contribution in [0.15, 0.2) is 71.6 Å². The van der Waals surface area contributed by atoms with Gasteiger partial charge in [0.1, 0.15) is 12.6 Å². The number of halogens is 2. The standard InChI is InChI=1S/C28H31Cl2N3O4S/c1-5-26(28(35)31-4)32(17-21-11-14-24(29)25(30)16-21)27(34)18-33(22-8-6-7-20(3)15-22)38(36,37)23-12-9-19(2)10-13-23/h6-16,26H,5,17-18H2,1-4H3,(H,31,35). The maximum absolute atomic E-state index is 13.9. The number of likely N-dealkylation sites (N-methyl/N-ethyl adjacent to an activating group) is 1. The molecule has 0 radical (unpaired) electrons. The van der Waals surface area contributed by atoms with E-state index in [1.54, 1.807) is 55.5 Å². The molecule has 0 bridgehead atoms. The monoisotopic (exact) mass is 575 g/mol. The van der Waals surface area contributed by atoms with Crippen molar-refractivity contribution in [1.29, 1.82) is 0 Å². The lowest BCUT2D eigenvalue weighted by molar-refractivity contribution is -0.140. The van der Waals surface area contributed by atoms with Gasteiger partial charge in [0.25, 0.3) is 10.0 Å². The third-order valence-corrected chi connectivity index (χ3v) is 8.67. The molecule has 3 aromatic rings. The summed E-state index contributed by atoms with van der Waals surface area (Å²) >= 11 is 12.3. The zero-order valence-corrected chi connectivity index (χ0v) is 24.1. The average Bonchev–Trinajstić information content (AvgIpc) is 2.89. The number of benzene rings is 3. The molecule has 202 valence electrons. The third kappa shape index (κ3) is 6.87. The van der Waals surface area contributed by atoms with Gasteiger partial charge in [0.15, 0.2) is 0 Å². The second-order valence-corrected chi connectivity index (χ2v) is 11.6. The number of nitrogens with one attached hydrogen (secondary N) is 1. The van der Waals surface area contributed by atoms with Crippen LogP contribution in [-0.2, 0) is 26.2 Å². The predicted molar refractivity (Wildman–Crippen MR) is 152 cm³/mol. The summed E-state index contributed by atoms with van der Waals surface area (Å²) in [6, 6.07) is 17.5. The third-order valence-electron chi connectivity index (χ3n) is 6.15. The van der Waals surface area contributed by atoms with Gasteiger partial charge in [-0.25, -0.2) is 8.42 Å². The van der Waals surface area contributed by atoms with Crippen LogP contribution in [0.3, 0.4) is 0 Å². The molecule has 0 aromatic heterocycles. The van der Waals surface area contributed by atoms with Crippen molar-refractivity contribution in [1.82, 2.24) is 10.2 Å². The molecule has 10 heteroatoms. The van der Waals surface area contributed by atoms with Crippen LogP contribution in [0.4, 0.5) is 5.69 Å². The quantitative estimate of drug-likeness (QED) is 0.352. The molecule has 0 aliphatic rings. The molecule has 1 atom stereocenters. The summed E-state index contributed by atoms with van der Waals surface area (Å²) in [6.07, 6.45) is 0.321. The molecule has 0 saturated carbocycles. The van der Waals surface area contributed by atoms with E-state index in [1.807, 2.05) is 19.9 Å². The normalized spacial score (nSPS) is 12.1. The van der Waals surface area contributed by atoms with Gasteiger partial charge in [-0.15, -0.1) is 0 Å². The van der Waals surface area contributed by atoms with Crippen LogP contribution >= 0.6 is 23.2 Å². The van der Waals surface area contributed by atoms with Gasteiger partial charge in [0.2, 0.25) is 11.8 Å². The van der Waals surface area contributed by atoms with E-state index in [4.69, 9.17) is 23.2 Å². The fourth-order valence-electron chi connectivity index (χ4n) is 4.07. The molecule has 0 heterocycles. The first-order chi connectivity index (χ1) is 18.0. The van der Waals surface area contributed by atoms with Crippen molar-refractivity contribution in [2.75, 3.05) is 17.9 Å². The minimum atomic E-state index is -4.11. The first kappa shape index (κ1) is 29.5. The Labute approximate surface area is 234 Å². The fourth-order valence-corrected chi connectivity index (χ4v) is 5.80. The highest BCUT2D eigenvalue weighted by Gasteiger charge is 2.33. The highest BCUT2D eigenvalue weighted by atomic mass is 35.5. The maximum atomic E-state index is 13.9. The molecule has 3 rings (SSSR count). The zero-order valence-electron chi connectivity index (χ0n) is 21.7. The number of carbonyl (C=O) groups is 2. The summed E-state index contributed by atoms with van der Waals surface area (Å²) in [4.78, 5) is 28.1. The van der Waals surface area contributed by atoms with Gasteiger partial charge >= 0.3 is 0 Å². The molecule has 0 fully saturated rings. The summed E-state index contributed by atoms with van der Waals surface area (Å²) in [5, 5.41) is 3.27. The Bertz CT molecular complexity index is 1410. The van der Waals surface area contributed by atoms with E-state index < -0.39 is 28.5 Å². The van der Waals surface area contributed by atoms with Gasteiger partial charge in [-0.2, -0.15) is 0 Å². The lowest BCUT2D eigenvalue weighted by Gasteiger charge is -2.33. The molecular weight excluding hydrogens is 545 g/mol. The number of amides is 2. The van der Waals surface area contributed by atoms with Crippen molar-refractivity contribution in [2.24, 2.45) is 0 Å². The molecule has 3 aromatic carbocycles. The average molecular weight is 577 g/mol. The van der Waals surface area contributed by atoms with E-state index in [-0.39, 0.29) is 17.3 Å². The first-order valence-corrected chi connectivity index (χ1v) is 14.3. The van der Waals surface area contributed by atoms with E-state index >= 15 is 0 Å². The number of hydrogen-bond donors (Lipinski definition) is 1. The number of aryl methyl sites for hydroxylation is 2. The Balaban J connectivity index is 2.07. The number of anilines is 1.